The van der Waals surface area contributed by atoms with E-state index in [-0.39, 0.29) is 29.9 Å². The van der Waals surface area contributed by atoms with Crippen LogP contribution in [0.4, 0.5) is 23.2 Å². The molecule has 0 aliphatic rings. The zero-order chi connectivity index (χ0) is 17.5. The smallest absolute Gasteiger partial charge is 0.422 e. The highest BCUT2D eigenvalue weighted by Gasteiger charge is 2.29. The molecule has 0 saturated heterocycles. The molecule has 1 amide bonds. The van der Waals surface area contributed by atoms with Crippen molar-refractivity contribution in [3.63, 3.8) is 0 Å². The zero-order valence-electron chi connectivity index (χ0n) is 12.7. The second-order valence-corrected chi connectivity index (χ2v) is 4.82. The maximum Gasteiger partial charge on any atom is 0.422 e. The third-order valence-corrected chi connectivity index (χ3v) is 2.60. The number of ether oxygens (including phenoxy) is 2. The standard InChI is InChI=1S/C14H18F4N2O3/c1-9(7-22-2)20-13(21)6-19-11-4-3-10(15)5-12(11)23-8-14(16,17)18/h3-5,9,19H,6-8H2,1-2H3,(H,20,21). The first-order valence-corrected chi connectivity index (χ1v) is 6.72. The van der Waals surface area contributed by atoms with Gasteiger partial charge < -0.3 is 20.1 Å². The highest BCUT2D eigenvalue weighted by atomic mass is 19.4. The molecule has 23 heavy (non-hydrogen) atoms. The summed E-state index contributed by atoms with van der Waals surface area (Å²) in [6.07, 6.45) is -4.55. The normalized spacial score (nSPS) is 12.6. The van der Waals surface area contributed by atoms with E-state index in [4.69, 9.17) is 4.74 Å². The molecule has 2 N–H and O–H groups in total. The van der Waals surface area contributed by atoms with Crippen molar-refractivity contribution in [2.75, 3.05) is 32.2 Å². The number of carbonyl (C=O) groups excluding carboxylic acids is 1. The SMILES string of the molecule is COCC(C)NC(=O)CNc1ccc(F)cc1OCC(F)(F)F. The van der Waals surface area contributed by atoms with Gasteiger partial charge in [-0.25, -0.2) is 4.39 Å². The van der Waals surface area contributed by atoms with Gasteiger partial charge in [-0.05, 0) is 19.1 Å². The van der Waals surface area contributed by atoms with Crippen molar-refractivity contribution in [2.45, 2.75) is 19.1 Å². The van der Waals surface area contributed by atoms with Gasteiger partial charge in [0.2, 0.25) is 5.91 Å². The van der Waals surface area contributed by atoms with E-state index in [0.29, 0.717) is 6.61 Å². The maximum absolute atomic E-state index is 13.1. The highest BCUT2D eigenvalue weighted by Crippen LogP contribution is 2.27. The molecule has 0 bridgehead atoms. The van der Waals surface area contributed by atoms with Gasteiger partial charge in [-0.15, -0.1) is 0 Å². The van der Waals surface area contributed by atoms with Gasteiger partial charge in [-0.2, -0.15) is 13.2 Å². The topological polar surface area (TPSA) is 59.6 Å². The Labute approximate surface area is 131 Å². The Balaban J connectivity index is 2.63. The fourth-order valence-electron chi connectivity index (χ4n) is 1.71. The summed E-state index contributed by atoms with van der Waals surface area (Å²) in [7, 11) is 1.49. The fraction of sp³-hybridized carbons (Fsp3) is 0.500. The molecule has 0 aliphatic heterocycles. The number of carbonyl (C=O) groups is 1. The third-order valence-electron chi connectivity index (χ3n) is 2.60. The summed E-state index contributed by atoms with van der Waals surface area (Å²) >= 11 is 0. The summed E-state index contributed by atoms with van der Waals surface area (Å²) in [6.45, 7) is 0.295. The third kappa shape index (κ3) is 7.68. The van der Waals surface area contributed by atoms with Gasteiger partial charge in [-0.3, -0.25) is 4.79 Å². The van der Waals surface area contributed by atoms with E-state index < -0.39 is 18.6 Å². The molecule has 0 aliphatic carbocycles. The Morgan fingerprint density at radius 3 is 2.65 bits per heavy atom. The maximum atomic E-state index is 13.1. The van der Waals surface area contributed by atoms with Gasteiger partial charge in [0.05, 0.1) is 18.8 Å². The van der Waals surface area contributed by atoms with Crippen LogP contribution in [-0.2, 0) is 9.53 Å². The van der Waals surface area contributed by atoms with E-state index in [1.54, 1.807) is 6.92 Å². The van der Waals surface area contributed by atoms with Gasteiger partial charge in [0.1, 0.15) is 11.6 Å². The number of alkyl halides is 3. The van der Waals surface area contributed by atoms with Gasteiger partial charge in [0.25, 0.3) is 0 Å². The number of nitrogens with one attached hydrogen (secondary N) is 2. The van der Waals surface area contributed by atoms with Crippen molar-refractivity contribution in [3.05, 3.63) is 24.0 Å². The van der Waals surface area contributed by atoms with Crippen LogP contribution in [0.25, 0.3) is 0 Å². The van der Waals surface area contributed by atoms with Crippen molar-refractivity contribution in [1.29, 1.82) is 0 Å². The second-order valence-electron chi connectivity index (χ2n) is 4.82. The second kappa shape index (κ2) is 8.56. The largest absolute Gasteiger partial charge is 0.482 e. The first kappa shape index (κ1) is 19.0. The number of benzene rings is 1. The van der Waals surface area contributed by atoms with Crippen LogP contribution in [-0.4, -0.2) is 45.0 Å². The fourth-order valence-corrected chi connectivity index (χ4v) is 1.71. The lowest BCUT2D eigenvalue weighted by Gasteiger charge is -2.16. The van der Waals surface area contributed by atoms with Crippen molar-refractivity contribution < 1.29 is 31.8 Å². The molecule has 0 heterocycles. The molecule has 9 heteroatoms. The van der Waals surface area contributed by atoms with Gasteiger partial charge in [0, 0.05) is 19.2 Å². The number of hydrogen-bond donors (Lipinski definition) is 2. The molecular formula is C14H18F4N2O3. The summed E-state index contributed by atoms with van der Waals surface area (Å²) < 4.78 is 59.1. The molecule has 1 aromatic carbocycles. The molecule has 1 atom stereocenters. The summed E-state index contributed by atoms with van der Waals surface area (Å²) in [6, 6.07) is 2.85. The minimum atomic E-state index is -4.55. The van der Waals surface area contributed by atoms with Gasteiger partial charge in [0.15, 0.2) is 6.61 Å². The lowest BCUT2D eigenvalue weighted by molar-refractivity contribution is -0.153. The predicted molar refractivity (Wildman–Crippen MR) is 75.9 cm³/mol. The lowest BCUT2D eigenvalue weighted by Crippen LogP contribution is -2.39. The molecule has 0 spiro atoms. The van der Waals surface area contributed by atoms with E-state index in [1.807, 2.05) is 0 Å². The van der Waals surface area contributed by atoms with E-state index in [2.05, 4.69) is 15.4 Å². The molecule has 0 aromatic heterocycles. The average molecular weight is 338 g/mol. The first-order valence-electron chi connectivity index (χ1n) is 6.72. The Kier molecular flexibility index (Phi) is 7.08. The Bertz CT molecular complexity index is 523. The molecule has 0 radical (unpaired) electrons. The number of methoxy groups -OCH3 is 1. The molecule has 1 aromatic rings. The summed E-state index contributed by atoms with van der Waals surface area (Å²) in [5.41, 5.74) is 0.0881. The van der Waals surface area contributed by atoms with Gasteiger partial charge >= 0.3 is 6.18 Å². The predicted octanol–water partition coefficient (Wildman–Crippen LogP) is 2.33. The van der Waals surface area contributed by atoms with Gasteiger partial charge in [-0.1, -0.05) is 0 Å². The highest BCUT2D eigenvalue weighted by molar-refractivity contribution is 5.81. The lowest BCUT2D eigenvalue weighted by atomic mass is 10.2. The monoisotopic (exact) mass is 338 g/mol. The molecule has 1 rings (SSSR count). The van der Waals surface area contributed by atoms with Crippen LogP contribution in [0.3, 0.4) is 0 Å². The van der Waals surface area contributed by atoms with Crippen LogP contribution in [0.5, 0.6) is 5.75 Å². The minimum absolute atomic E-state index is 0.0881. The van der Waals surface area contributed by atoms with Crippen molar-refractivity contribution >= 4 is 11.6 Å². The Morgan fingerprint density at radius 2 is 2.04 bits per heavy atom. The van der Waals surface area contributed by atoms with Crippen LogP contribution >= 0.6 is 0 Å². The molecule has 130 valence electrons. The van der Waals surface area contributed by atoms with E-state index >= 15 is 0 Å². The number of halogens is 4. The van der Waals surface area contributed by atoms with Crippen LogP contribution < -0.4 is 15.4 Å². The molecule has 5 nitrogen and oxygen atoms in total. The van der Waals surface area contributed by atoms with Crippen molar-refractivity contribution in [2.24, 2.45) is 0 Å². The summed E-state index contributed by atoms with van der Waals surface area (Å²) in [5, 5.41) is 5.23. The molecule has 0 saturated carbocycles. The van der Waals surface area contributed by atoms with Crippen molar-refractivity contribution in [3.8, 4) is 5.75 Å². The Morgan fingerprint density at radius 1 is 1.35 bits per heavy atom. The molecular weight excluding hydrogens is 320 g/mol. The quantitative estimate of drug-likeness (QED) is 0.715. The van der Waals surface area contributed by atoms with Crippen LogP contribution in [0.1, 0.15) is 6.92 Å². The van der Waals surface area contributed by atoms with E-state index in [1.165, 1.54) is 13.2 Å². The first-order chi connectivity index (χ1) is 10.7. The van der Waals surface area contributed by atoms with Crippen LogP contribution in [0.2, 0.25) is 0 Å². The Hall–Kier alpha value is -2.03. The van der Waals surface area contributed by atoms with Crippen molar-refractivity contribution in [1.82, 2.24) is 5.32 Å². The van der Waals surface area contributed by atoms with E-state index in [9.17, 15) is 22.4 Å². The molecule has 0 fully saturated rings. The van der Waals surface area contributed by atoms with Crippen LogP contribution in [0, 0.1) is 5.82 Å². The molecule has 1 unspecified atom stereocenters. The van der Waals surface area contributed by atoms with E-state index in [0.717, 1.165) is 12.1 Å². The number of hydrogen-bond acceptors (Lipinski definition) is 4. The number of amides is 1. The summed E-state index contributed by atoms with van der Waals surface area (Å²) in [5.74, 6) is -1.45. The zero-order valence-corrected chi connectivity index (χ0v) is 12.7. The minimum Gasteiger partial charge on any atom is -0.482 e. The number of rotatable bonds is 8. The van der Waals surface area contributed by atoms with Crippen LogP contribution in [0.15, 0.2) is 18.2 Å². The average Bonchev–Trinajstić information content (AvgIpc) is 2.43. The summed E-state index contributed by atoms with van der Waals surface area (Å²) in [4.78, 5) is 11.7. The number of anilines is 1.